The second-order valence-electron chi connectivity index (χ2n) is 4.89. The molecule has 0 saturated heterocycles. The van der Waals surface area contributed by atoms with Crippen molar-refractivity contribution in [1.82, 2.24) is 0 Å². The molecule has 0 aliphatic rings. The predicted molar refractivity (Wildman–Crippen MR) is 93.9 cm³/mol. The van der Waals surface area contributed by atoms with Gasteiger partial charge in [0.05, 0.1) is 13.0 Å². The molecule has 0 spiro atoms. The number of guanidine groups is 1. The Morgan fingerprint density at radius 1 is 1.09 bits per heavy atom. The van der Waals surface area contributed by atoms with Crippen LogP contribution in [-0.4, -0.2) is 19.0 Å². The molecule has 2 aromatic carbocycles. The van der Waals surface area contributed by atoms with E-state index in [9.17, 15) is 4.79 Å². The van der Waals surface area contributed by atoms with Crippen LogP contribution in [-0.2, 0) is 11.2 Å². The first-order valence-corrected chi connectivity index (χ1v) is 6.91. The number of halogens is 1. The monoisotopic (exact) mass is 333 g/mol. The highest BCUT2D eigenvalue weighted by molar-refractivity contribution is 5.95. The fraction of sp³-hybridized carbons (Fsp3) is 0.176. The number of carbonyl (C=O) groups is 1. The first kappa shape index (κ1) is 18.5. The van der Waals surface area contributed by atoms with E-state index in [1.807, 2.05) is 54.6 Å². The van der Waals surface area contributed by atoms with Gasteiger partial charge in [-0.05, 0) is 29.7 Å². The maximum Gasteiger partial charge on any atom is 0.256 e. The normalized spacial score (nSPS) is 11.0. The van der Waals surface area contributed by atoms with Crippen LogP contribution in [0.3, 0.4) is 0 Å². The number of benzene rings is 2. The summed E-state index contributed by atoms with van der Waals surface area (Å²) in [6, 6.07) is 17.1. The number of methoxy groups -OCH3 is 1. The van der Waals surface area contributed by atoms with Gasteiger partial charge in [0, 0.05) is 0 Å². The quantitative estimate of drug-likeness (QED) is 0.648. The molecule has 5 nitrogen and oxygen atoms in total. The number of ether oxygens (including phenoxy) is 1. The highest BCUT2D eigenvalue weighted by Crippen LogP contribution is 2.23. The number of nitrogens with two attached hydrogens (primary N) is 2. The van der Waals surface area contributed by atoms with Gasteiger partial charge < -0.3 is 16.2 Å². The Morgan fingerprint density at radius 2 is 1.70 bits per heavy atom. The van der Waals surface area contributed by atoms with Gasteiger partial charge in [0.25, 0.3) is 5.91 Å². The van der Waals surface area contributed by atoms with Gasteiger partial charge in [0.15, 0.2) is 5.96 Å². The third-order valence-corrected chi connectivity index (χ3v) is 3.34. The molecule has 0 bridgehead atoms. The van der Waals surface area contributed by atoms with E-state index in [2.05, 4.69) is 4.99 Å². The number of carbonyl (C=O) groups excluding carboxylic acids is 1. The average Bonchev–Trinajstić information content (AvgIpc) is 2.53. The van der Waals surface area contributed by atoms with Crippen LogP contribution in [0, 0.1) is 0 Å². The zero-order valence-corrected chi connectivity index (χ0v) is 13.6. The summed E-state index contributed by atoms with van der Waals surface area (Å²) in [5.41, 5.74) is 12.6. The Hall–Kier alpha value is -2.53. The Labute approximate surface area is 141 Å². The lowest BCUT2D eigenvalue weighted by atomic mass is 9.91. The van der Waals surface area contributed by atoms with Crippen molar-refractivity contribution in [2.24, 2.45) is 16.5 Å². The zero-order valence-electron chi connectivity index (χ0n) is 12.8. The Kier molecular flexibility index (Phi) is 7.09. The standard InChI is InChI=1S/C17H19N3O2.ClH/c1-22-14-9-7-12(8-10-14)11-15(16(21)20-17(18)19)13-5-3-2-4-6-13;/h2-10,15H,11H2,1H3,(H4,18,19,20,21);1H. The third kappa shape index (κ3) is 5.30. The lowest BCUT2D eigenvalue weighted by Crippen LogP contribution is -2.26. The molecule has 0 aliphatic carbocycles. The number of hydrogen-bond donors (Lipinski definition) is 2. The Bertz CT molecular complexity index is 653. The van der Waals surface area contributed by atoms with E-state index in [0.717, 1.165) is 16.9 Å². The van der Waals surface area contributed by atoms with Crippen LogP contribution in [0.4, 0.5) is 0 Å². The number of hydrogen-bond acceptors (Lipinski definition) is 2. The van der Waals surface area contributed by atoms with Crippen LogP contribution in [0.2, 0.25) is 0 Å². The van der Waals surface area contributed by atoms with Crippen molar-refractivity contribution in [2.75, 3.05) is 7.11 Å². The summed E-state index contributed by atoms with van der Waals surface area (Å²) in [6.45, 7) is 0. The van der Waals surface area contributed by atoms with Gasteiger partial charge in [-0.3, -0.25) is 4.79 Å². The number of nitrogens with zero attached hydrogens (tertiary/aromatic N) is 1. The molecule has 1 unspecified atom stereocenters. The zero-order chi connectivity index (χ0) is 15.9. The van der Waals surface area contributed by atoms with E-state index in [0.29, 0.717) is 6.42 Å². The summed E-state index contributed by atoms with van der Waals surface area (Å²) in [6.07, 6.45) is 0.517. The van der Waals surface area contributed by atoms with Crippen LogP contribution < -0.4 is 16.2 Å². The van der Waals surface area contributed by atoms with Gasteiger partial charge in [0.2, 0.25) is 0 Å². The number of rotatable bonds is 5. The number of amides is 1. The van der Waals surface area contributed by atoms with Crippen molar-refractivity contribution in [3.05, 3.63) is 65.7 Å². The minimum absolute atomic E-state index is 0. The molecule has 0 radical (unpaired) electrons. The molecule has 0 saturated carbocycles. The van der Waals surface area contributed by atoms with Crippen LogP contribution in [0.1, 0.15) is 17.0 Å². The highest BCUT2D eigenvalue weighted by Gasteiger charge is 2.20. The van der Waals surface area contributed by atoms with Gasteiger partial charge >= 0.3 is 0 Å². The van der Waals surface area contributed by atoms with Crippen molar-refractivity contribution in [3.63, 3.8) is 0 Å². The average molecular weight is 334 g/mol. The Morgan fingerprint density at radius 3 is 2.22 bits per heavy atom. The van der Waals surface area contributed by atoms with Gasteiger partial charge in [-0.15, -0.1) is 12.4 Å². The molecule has 2 aromatic rings. The molecule has 2 rings (SSSR count). The topological polar surface area (TPSA) is 90.7 Å². The molecule has 1 atom stereocenters. The third-order valence-electron chi connectivity index (χ3n) is 3.34. The predicted octanol–water partition coefficient (Wildman–Crippen LogP) is 2.24. The fourth-order valence-electron chi connectivity index (χ4n) is 2.24. The molecule has 0 fully saturated rings. The summed E-state index contributed by atoms with van der Waals surface area (Å²) in [4.78, 5) is 16.0. The molecule has 122 valence electrons. The fourth-order valence-corrected chi connectivity index (χ4v) is 2.24. The molecule has 0 heterocycles. The highest BCUT2D eigenvalue weighted by atomic mass is 35.5. The van der Waals surface area contributed by atoms with Gasteiger partial charge in [-0.25, -0.2) is 0 Å². The largest absolute Gasteiger partial charge is 0.497 e. The molecular weight excluding hydrogens is 314 g/mol. The molecule has 23 heavy (non-hydrogen) atoms. The molecule has 0 aliphatic heterocycles. The second kappa shape index (κ2) is 8.80. The number of aliphatic imine (C=N–C) groups is 1. The molecule has 1 amide bonds. The molecule has 0 aromatic heterocycles. The summed E-state index contributed by atoms with van der Waals surface area (Å²) in [7, 11) is 1.62. The van der Waals surface area contributed by atoms with E-state index in [-0.39, 0.29) is 24.3 Å². The van der Waals surface area contributed by atoms with Crippen molar-refractivity contribution in [1.29, 1.82) is 0 Å². The van der Waals surface area contributed by atoms with Gasteiger partial charge in [-0.1, -0.05) is 42.5 Å². The lowest BCUT2D eigenvalue weighted by Gasteiger charge is -2.14. The van der Waals surface area contributed by atoms with E-state index < -0.39 is 5.92 Å². The molecule has 6 heteroatoms. The molecule has 4 N–H and O–H groups in total. The first-order chi connectivity index (χ1) is 10.6. The maximum absolute atomic E-state index is 12.3. The second-order valence-corrected chi connectivity index (χ2v) is 4.89. The van der Waals surface area contributed by atoms with Gasteiger partial charge in [0.1, 0.15) is 5.75 Å². The first-order valence-electron chi connectivity index (χ1n) is 6.91. The van der Waals surface area contributed by atoms with Crippen molar-refractivity contribution < 1.29 is 9.53 Å². The minimum Gasteiger partial charge on any atom is -0.497 e. The summed E-state index contributed by atoms with van der Waals surface area (Å²) in [5, 5.41) is 0. The van der Waals surface area contributed by atoms with Crippen LogP contribution >= 0.6 is 12.4 Å². The molecular formula is C17H20ClN3O2. The van der Waals surface area contributed by atoms with E-state index in [4.69, 9.17) is 16.2 Å². The SMILES string of the molecule is COc1ccc(CC(C(=O)N=C(N)N)c2ccccc2)cc1.Cl. The van der Waals surface area contributed by atoms with Crippen LogP contribution in [0.25, 0.3) is 0 Å². The van der Waals surface area contributed by atoms with E-state index >= 15 is 0 Å². The van der Waals surface area contributed by atoms with E-state index in [1.165, 1.54) is 0 Å². The minimum atomic E-state index is -0.420. The summed E-state index contributed by atoms with van der Waals surface area (Å²) < 4.78 is 5.14. The lowest BCUT2D eigenvalue weighted by molar-refractivity contribution is -0.119. The van der Waals surface area contributed by atoms with Crippen molar-refractivity contribution >= 4 is 24.3 Å². The van der Waals surface area contributed by atoms with Crippen LogP contribution in [0.5, 0.6) is 5.75 Å². The van der Waals surface area contributed by atoms with Crippen LogP contribution in [0.15, 0.2) is 59.6 Å². The van der Waals surface area contributed by atoms with Gasteiger partial charge in [-0.2, -0.15) is 4.99 Å². The van der Waals surface area contributed by atoms with Crippen molar-refractivity contribution in [2.45, 2.75) is 12.3 Å². The smallest absolute Gasteiger partial charge is 0.256 e. The maximum atomic E-state index is 12.3. The summed E-state index contributed by atoms with van der Waals surface area (Å²) >= 11 is 0. The van der Waals surface area contributed by atoms with E-state index in [1.54, 1.807) is 7.11 Å². The summed E-state index contributed by atoms with van der Waals surface area (Å²) in [5.74, 6) is -0.213. The Balaban J connectivity index is 0.00000264. The van der Waals surface area contributed by atoms with Crippen molar-refractivity contribution in [3.8, 4) is 5.75 Å².